The van der Waals surface area contributed by atoms with Crippen LogP contribution < -0.4 is 16.9 Å². The van der Waals surface area contributed by atoms with Gasteiger partial charge in [0.05, 0.1) is 0 Å². The summed E-state index contributed by atoms with van der Waals surface area (Å²) < 4.78 is 0. The van der Waals surface area contributed by atoms with Crippen LogP contribution in [0.25, 0.3) is 0 Å². The molecule has 0 unspecified atom stereocenters. The molecule has 52 valence electrons. The molecule has 0 heterocycles. The van der Waals surface area contributed by atoms with Gasteiger partial charge in [0, 0.05) is 5.92 Å². The maximum absolute atomic E-state index is 5.39. The third kappa shape index (κ3) is 3.52. The number of hydrogen-bond acceptors (Lipinski definition) is 0. The minimum Gasteiger partial charge on any atom is -0.373 e. The number of hydrogen-bond donors (Lipinski definition) is 3. The first-order valence-corrected chi connectivity index (χ1v) is 2.76. The summed E-state index contributed by atoms with van der Waals surface area (Å²) in [4.78, 5) is 3.64. The SMILES string of the molecule is CC(C)/C(N)=N/C(N)=[NH2+]. The number of guanidine groups is 1. The van der Waals surface area contributed by atoms with Crippen LogP contribution >= 0.6 is 0 Å². The molecule has 0 aliphatic rings. The van der Waals surface area contributed by atoms with Crippen LogP contribution in [0.5, 0.6) is 0 Å². The van der Waals surface area contributed by atoms with Crippen LogP contribution in [0.1, 0.15) is 13.8 Å². The first-order chi connectivity index (χ1) is 4.04. The summed E-state index contributed by atoms with van der Waals surface area (Å²) in [6.45, 7) is 3.84. The fourth-order valence-corrected chi connectivity index (χ4v) is 0.278. The van der Waals surface area contributed by atoms with Gasteiger partial charge in [0.2, 0.25) is 0 Å². The van der Waals surface area contributed by atoms with Crippen molar-refractivity contribution in [3.05, 3.63) is 0 Å². The van der Waals surface area contributed by atoms with Crippen molar-refractivity contribution in [1.82, 2.24) is 0 Å². The summed E-state index contributed by atoms with van der Waals surface area (Å²) >= 11 is 0. The van der Waals surface area contributed by atoms with E-state index in [0.717, 1.165) is 0 Å². The maximum Gasteiger partial charge on any atom is 0.381 e. The summed E-state index contributed by atoms with van der Waals surface area (Å²) in [5.74, 6) is 0.684. The molecule has 0 amide bonds. The van der Waals surface area contributed by atoms with E-state index >= 15 is 0 Å². The Kier molecular flexibility index (Phi) is 2.70. The minimum absolute atomic E-state index is 0.0150. The lowest BCUT2D eigenvalue weighted by atomic mass is 10.2. The molecule has 4 nitrogen and oxygen atoms in total. The van der Waals surface area contributed by atoms with Gasteiger partial charge in [-0.05, 0) is 0 Å². The molecule has 6 N–H and O–H groups in total. The van der Waals surface area contributed by atoms with Gasteiger partial charge in [-0.3, -0.25) is 11.1 Å². The topological polar surface area (TPSA) is 90.0 Å². The van der Waals surface area contributed by atoms with Crippen LogP contribution in [-0.4, -0.2) is 11.8 Å². The molecule has 0 radical (unpaired) electrons. The molecule has 0 spiro atoms. The van der Waals surface area contributed by atoms with Crippen molar-refractivity contribution in [2.45, 2.75) is 13.8 Å². The molecule has 0 aromatic rings. The number of amidine groups is 1. The second-order valence-corrected chi connectivity index (χ2v) is 2.12. The van der Waals surface area contributed by atoms with Crippen LogP contribution in [0.4, 0.5) is 0 Å². The summed E-state index contributed by atoms with van der Waals surface area (Å²) in [6.07, 6.45) is 0. The van der Waals surface area contributed by atoms with Crippen LogP contribution in [0.3, 0.4) is 0 Å². The molecule has 0 bridgehead atoms. The fourth-order valence-electron chi connectivity index (χ4n) is 0.278. The van der Waals surface area contributed by atoms with E-state index in [1.54, 1.807) is 0 Å². The zero-order valence-corrected chi connectivity index (χ0v) is 5.76. The smallest absolute Gasteiger partial charge is 0.373 e. The molecule has 0 aromatic heterocycles. The highest BCUT2D eigenvalue weighted by molar-refractivity contribution is 5.92. The average Bonchev–Trinajstić information content (AvgIpc) is 1.63. The van der Waals surface area contributed by atoms with Gasteiger partial charge in [0.1, 0.15) is 0 Å². The molecule has 0 atom stereocenters. The first kappa shape index (κ1) is 7.94. The van der Waals surface area contributed by atoms with Crippen molar-refractivity contribution in [2.24, 2.45) is 22.4 Å². The zero-order valence-electron chi connectivity index (χ0n) is 5.76. The van der Waals surface area contributed by atoms with Crippen LogP contribution in [0, 0.1) is 5.92 Å². The molecule has 0 aliphatic carbocycles. The van der Waals surface area contributed by atoms with Crippen LogP contribution in [-0.2, 0) is 0 Å². The Bertz CT molecular complexity index is 136. The quantitative estimate of drug-likeness (QED) is 0.284. The van der Waals surface area contributed by atoms with Gasteiger partial charge >= 0.3 is 5.96 Å². The Hall–Kier alpha value is -1.06. The first-order valence-electron chi connectivity index (χ1n) is 2.76. The van der Waals surface area contributed by atoms with Crippen molar-refractivity contribution in [1.29, 1.82) is 0 Å². The largest absolute Gasteiger partial charge is 0.381 e. The molecule has 0 saturated heterocycles. The summed E-state index contributed by atoms with van der Waals surface area (Å²) in [5.41, 5.74) is 10.4. The molecular formula is C5H13N4+. The lowest BCUT2D eigenvalue weighted by Crippen LogP contribution is -2.45. The normalized spacial score (nSPS) is 12.1. The Morgan fingerprint density at radius 1 is 1.44 bits per heavy atom. The van der Waals surface area contributed by atoms with Gasteiger partial charge in [-0.15, -0.1) is 0 Å². The average molecular weight is 129 g/mol. The zero-order chi connectivity index (χ0) is 7.44. The van der Waals surface area contributed by atoms with Crippen molar-refractivity contribution in [3.63, 3.8) is 0 Å². The van der Waals surface area contributed by atoms with Crippen molar-refractivity contribution < 1.29 is 5.41 Å². The van der Waals surface area contributed by atoms with Gasteiger partial charge in [-0.1, -0.05) is 18.8 Å². The van der Waals surface area contributed by atoms with Crippen molar-refractivity contribution in [2.75, 3.05) is 0 Å². The van der Waals surface area contributed by atoms with Gasteiger partial charge in [-0.2, -0.15) is 0 Å². The van der Waals surface area contributed by atoms with E-state index in [1.807, 2.05) is 13.8 Å². The Morgan fingerprint density at radius 3 is 2.00 bits per heavy atom. The third-order valence-electron chi connectivity index (χ3n) is 0.850. The van der Waals surface area contributed by atoms with Gasteiger partial charge in [-0.25, -0.2) is 0 Å². The number of nitrogens with zero attached hydrogens (tertiary/aromatic N) is 1. The summed E-state index contributed by atoms with van der Waals surface area (Å²) in [7, 11) is 0. The predicted molar refractivity (Wildman–Crippen MR) is 37.6 cm³/mol. The molecule has 0 aromatic carbocycles. The Balaban J connectivity index is 4.00. The molecule has 0 fully saturated rings. The van der Waals surface area contributed by atoms with E-state index in [0.29, 0.717) is 5.84 Å². The summed E-state index contributed by atoms with van der Waals surface area (Å²) in [5, 5.41) is 5.06. The molecule has 4 heteroatoms. The van der Waals surface area contributed by atoms with E-state index in [9.17, 15) is 0 Å². The van der Waals surface area contributed by atoms with E-state index in [-0.39, 0.29) is 11.9 Å². The minimum atomic E-state index is 0.0150. The molecular weight excluding hydrogens is 116 g/mol. The maximum atomic E-state index is 5.39. The van der Waals surface area contributed by atoms with E-state index in [4.69, 9.17) is 16.9 Å². The third-order valence-corrected chi connectivity index (χ3v) is 0.850. The van der Waals surface area contributed by atoms with Crippen molar-refractivity contribution in [3.8, 4) is 0 Å². The lowest BCUT2D eigenvalue weighted by Gasteiger charge is -1.95. The molecule has 0 saturated carbocycles. The fraction of sp³-hybridized carbons (Fsp3) is 0.600. The summed E-state index contributed by atoms with van der Waals surface area (Å²) in [6, 6.07) is 0. The van der Waals surface area contributed by atoms with Gasteiger partial charge in [0.25, 0.3) is 0 Å². The van der Waals surface area contributed by atoms with Gasteiger partial charge < -0.3 is 5.73 Å². The van der Waals surface area contributed by atoms with E-state index in [1.165, 1.54) is 0 Å². The Labute approximate surface area is 54.5 Å². The predicted octanol–water partition coefficient (Wildman–Crippen LogP) is -1.93. The number of nitrogens with two attached hydrogens (primary N) is 3. The van der Waals surface area contributed by atoms with Crippen LogP contribution in [0.15, 0.2) is 4.99 Å². The molecule has 9 heavy (non-hydrogen) atoms. The van der Waals surface area contributed by atoms with Crippen molar-refractivity contribution >= 4 is 11.8 Å². The van der Waals surface area contributed by atoms with Gasteiger partial charge in [0.15, 0.2) is 5.84 Å². The molecule has 0 aliphatic heterocycles. The number of rotatable bonds is 1. The molecule has 0 rings (SSSR count). The van der Waals surface area contributed by atoms with E-state index < -0.39 is 0 Å². The highest BCUT2D eigenvalue weighted by Crippen LogP contribution is 1.89. The number of aliphatic imine (C=N–C) groups is 1. The van der Waals surface area contributed by atoms with Crippen LogP contribution in [0.2, 0.25) is 0 Å². The highest BCUT2D eigenvalue weighted by Gasteiger charge is 2.03. The second-order valence-electron chi connectivity index (χ2n) is 2.12. The monoisotopic (exact) mass is 129 g/mol. The standard InChI is InChI=1S/C5H12N4/c1-3(2)4(6)9-5(7)8/h3H,1-2H3,(H5,6,7,8,9)/p+1. The lowest BCUT2D eigenvalue weighted by molar-refractivity contribution is -0.116. The highest BCUT2D eigenvalue weighted by atomic mass is 15.0. The Morgan fingerprint density at radius 2 is 1.89 bits per heavy atom. The second kappa shape index (κ2) is 3.06. The van der Waals surface area contributed by atoms with E-state index in [2.05, 4.69) is 4.99 Å².